The minimum Gasteiger partial charge on any atom is -0.511 e. The maximum atomic E-state index is 13.5. The summed E-state index contributed by atoms with van der Waals surface area (Å²) < 4.78 is 7.94. The smallest absolute Gasteiger partial charge is 0.353 e. The molecule has 202 valence electrons. The van der Waals surface area contributed by atoms with Gasteiger partial charge in [0, 0.05) is 24.7 Å². The van der Waals surface area contributed by atoms with E-state index in [2.05, 4.69) is 26.8 Å². The third-order valence-corrected chi connectivity index (χ3v) is 8.40. The Hall–Kier alpha value is -4.57. The molecule has 10 heteroatoms. The molecule has 4 aromatic heterocycles. The van der Waals surface area contributed by atoms with E-state index in [0.717, 1.165) is 30.2 Å². The predicted molar refractivity (Wildman–Crippen MR) is 155 cm³/mol. The standard InChI is InChI=1S/C30H27N5O4S/c1-3-24(37)33-19-10-9-18(14-19)15-23(36)28-27-26-21(11-12-31-29(26)40-28)35(30(38)34-27)22-16-32-25(13-17(22)2)39-20-7-5-4-6-8-20/h3-8,11-13,16,18-19,36H,1,9-10,14-15H2,2H3,(H,33,37)/t18-,19-/m0/s1. The van der Waals surface area contributed by atoms with Crippen molar-refractivity contribution in [3.8, 4) is 17.3 Å². The van der Waals surface area contributed by atoms with Crippen LogP contribution in [0.1, 0.15) is 31.2 Å². The number of thiophene rings is 1. The molecule has 0 bridgehead atoms. The molecule has 1 saturated carbocycles. The van der Waals surface area contributed by atoms with Gasteiger partial charge in [0.25, 0.3) is 0 Å². The van der Waals surface area contributed by atoms with E-state index in [-0.39, 0.29) is 23.6 Å². The number of pyridine rings is 2. The lowest BCUT2D eigenvalue weighted by Gasteiger charge is -2.13. The Morgan fingerprint density at radius 2 is 2.08 bits per heavy atom. The summed E-state index contributed by atoms with van der Waals surface area (Å²) in [6.45, 7) is 5.40. The van der Waals surface area contributed by atoms with Gasteiger partial charge >= 0.3 is 5.69 Å². The second-order valence-electron chi connectivity index (χ2n) is 9.98. The van der Waals surface area contributed by atoms with Gasteiger partial charge in [0.1, 0.15) is 21.9 Å². The number of carbonyl (C=O) groups is 1. The van der Waals surface area contributed by atoms with Crippen molar-refractivity contribution in [1.29, 1.82) is 0 Å². The van der Waals surface area contributed by atoms with Crippen LogP contribution in [0.3, 0.4) is 0 Å². The molecule has 6 rings (SSSR count). The molecule has 0 aliphatic heterocycles. The van der Waals surface area contributed by atoms with Crippen LogP contribution in [0.15, 0.2) is 72.3 Å². The van der Waals surface area contributed by atoms with E-state index >= 15 is 0 Å². The molecule has 0 radical (unpaired) electrons. The van der Waals surface area contributed by atoms with E-state index in [1.165, 1.54) is 22.0 Å². The van der Waals surface area contributed by atoms with E-state index < -0.39 is 5.69 Å². The van der Waals surface area contributed by atoms with E-state index in [4.69, 9.17) is 4.74 Å². The molecule has 0 spiro atoms. The number of para-hydroxylation sites is 1. The molecule has 1 aliphatic carbocycles. The first-order valence-corrected chi connectivity index (χ1v) is 13.9. The quantitative estimate of drug-likeness (QED) is 0.280. The number of aromatic nitrogens is 4. The first kappa shape index (κ1) is 25.7. The number of nitrogens with zero attached hydrogens (tertiary/aromatic N) is 4. The van der Waals surface area contributed by atoms with Gasteiger partial charge in [-0.3, -0.25) is 9.36 Å². The largest absolute Gasteiger partial charge is 0.511 e. The average molecular weight is 554 g/mol. The fourth-order valence-corrected chi connectivity index (χ4v) is 6.46. The van der Waals surface area contributed by atoms with Crippen molar-refractivity contribution in [2.45, 2.75) is 38.6 Å². The first-order chi connectivity index (χ1) is 19.4. The first-order valence-electron chi connectivity index (χ1n) is 13.1. The number of amides is 1. The van der Waals surface area contributed by atoms with Gasteiger partial charge in [-0.25, -0.2) is 14.8 Å². The number of aliphatic hydroxyl groups excluding tert-OH is 1. The van der Waals surface area contributed by atoms with Crippen LogP contribution in [0, 0.1) is 12.8 Å². The van der Waals surface area contributed by atoms with Crippen LogP contribution in [-0.2, 0) is 4.79 Å². The minimum atomic E-state index is -0.470. The fourth-order valence-electron chi connectivity index (χ4n) is 5.40. The van der Waals surface area contributed by atoms with Gasteiger partial charge in [-0.2, -0.15) is 4.98 Å². The molecule has 1 amide bonds. The Morgan fingerprint density at radius 1 is 1.25 bits per heavy atom. The average Bonchev–Trinajstić information content (AvgIpc) is 3.55. The zero-order valence-electron chi connectivity index (χ0n) is 21.8. The molecule has 0 unspecified atom stereocenters. The lowest BCUT2D eigenvalue weighted by atomic mass is 10.0. The summed E-state index contributed by atoms with van der Waals surface area (Å²) in [7, 11) is 0. The van der Waals surface area contributed by atoms with Crippen LogP contribution in [0.4, 0.5) is 0 Å². The SMILES string of the molecule is C=CC(=O)N[C@H]1CC[C@H](CC(O)=c2sc3nccc4c3c2nc(=O)n4-c2cnc(Oc3ccccc3)cc2C)C1. The van der Waals surface area contributed by atoms with Gasteiger partial charge in [-0.15, -0.1) is 11.3 Å². The second-order valence-corrected chi connectivity index (χ2v) is 11.0. The van der Waals surface area contributed by atoms with Crippen LogP contribution in [-0.4, -0.2) is 36.6 Å². The summed E-state index contributed by atoms with van der Waals surface area (Å²) in [4.78, 5) is 39.2. The molecule has 9 nitrogen and oxygen atoms in total. The molecule has 2 N–H and O–H groups in total. The van der Waals surface area contributed by atoms with Crippen molar-refractivity contribution >= 4 is 44.3 Å². The molecule has 2 atom stereocenters. The molecule has 1 aromatic carbocycles. The van der Waals surface area contributed by atoms with Gasteiger partial charge in [-0.05, 0) is 61.9 Å². The third-order valence-electron chi connectivity index (χ3n) is 7.27. The van der Waals surface area contributed by atoms with Crippen LogP contribution in [0.2, 0.25) is 0 Å². The van der Waals surface area contributed by atoms with Crippen molar-refractivity contribution in [2.75, 3.05) is 0 Å². The van der Waals surface area contributed by atoms with Crippen molar-refractivity contribution in [1.82, 2.24) is 24.8 Å². The summed E-state index contributed by atoms with van der Waals surface area (Å²) >= 11 is 1.33. The molecular formula is C30H27N5O4S. The van der Waals surface area contributed by atoms with Crippen molar-refractivity contribution < 1.29 is 14.6 Å². The highest BCUT2D eigenvalue weighted by atomic mass is 32.1. The summed E-state index contributed by atoms with van der Waals surface area (Å²) in [5.74, 6) is 1.31. The number of carbonyl (C=O) groups excluding carboxylic acids is 1. The zero-order chi connectivity index (χ0) is 27.8. The van der Waals surface area contributed by atoms with Gasteiger partial charge in [0.05, 0.1) is 27.3 Å². The van der Waals surface area contributed by atoms with Crippen LogP contribution in [0.25, 0.3) is 32.7 Å². The van der Waals surface area contributed by atoms with Crippen molar-refractivity contribution in [2.24, 2.45) is 5.92 Å². The van der Waals surface area contributed by atoms with E-state index in [1.807, 2.05) is 37.3 Å². The van der Waals surface area contributed by atoms with Crippen LogP contribution >= 0.6 is 11.3 Å². The normalized spacial score (nSPS) is 17.7. The van der Waals surface area contributed by atoms with Gasteiger partial charge < -0.3 is 15.2 Å². The van der Waals surface area contributed by atoms with Gasteiger partial charge in [-0.1, -0.05) is 24.8 Å². The minimum absolute atomic E-state index is 0.0680. The summed E-state index contributed by atoms with van der Waals surface area (Å²) in [5, 5.41) is 14.8. The number of nitrogens with one attached hydrogen (secondary N) is 1. The Bertz CT molecular complexity index is 1860. The number of benzene rings is 1. The molecule has 1 fully saturated rings. The highest BCUT2D eigenvalue weighted by molar-refractivity contribution is 7.17. The fraction of sp³-hybridized carbons (Fsp3) is 0.233. The summed E-state index contributed by atoms with van der Waals surface area (Å²) in [6, 6.07) is 13.0. The lowest BCUT2D eigenvalue weighted by Crippen LogP contribution is -2.31. The monoisotopic (exact) mass is 553 g/mol. The molecule has 1 aliphatic rings. The Morgan fingerprint density at radius 3 is 2.85 bits per heavy atom. The highest BCUT2D eigenvalue weighted by Gasteiger charge is 2.27. The Kier molecular flexibility index (Phi) is 6.77. The van der Waals surface area contributed by atoms with Crippen LogP contribution < -0.4 is 20.3 Å². The Labute approximate surface area is 233 Å². The lowest BCUT2D eigenvalue weighted by molar-refractivity contribution is -0.117. The number of aliphatic hydroxyl groups is 1. The van der Waals surface area contributed by atoms with Crippen molar-refractivity contribution in [3.63, 3.8) is 0 Å². The maximum Gasteiger partial charge on any atom is 0.353 e. The highest BCUT2D eigenvalue weighted by Crippen LogP contribution is 2.32. The molecule has 0 saturated heterocycles. The van der Waals surface area contributed by atoms with E-state index in [0.29, 0.717) is 44.1 Å². The summed E-state index contributed by atoms with van der Waals surface area (Å²) in [6.07, 6.45) is 7.48. The number of hydrogen-bond acceptors (Lipinski definition) is 8. The number of hydrogen-bond donors (Lipinski definition) is 2. The van der Waals surface area contributed by atoms with E-state index in [9.17, 15) is 14.7 Å². The van der Waals surface area contributed by atoms with E-state index in [1.54, 1.807) is 24.5 Å². The van der Waals surface area contributed by atoms with Gasteiger partial charge in [0.2, 0.25) is 11.8 Å². The maximum absolute atomic E-state index is 13.5. The predicted octanol–water partition coefficient (Wildman–Crippen LogP) is 4.74. The molecule has 5 aromatic rings. The number of rotatable bonds is 7. The van der Waals surface area contributed by atoms with Gasteiger partial charge in [0.15, 0.2) is 0 Å². The Balaban J connectivity index is 1.36. The molecular weight excluding hydrogens is 526 g/mol. The van der Waals surface area contributed by atoms with Crippen LogP contribution in [0.5, 0.6) is 11.6 Å². The molecule has 4 heterocycles. The topological polar surface area (TPSA) is 119 Å². The second kappa shape index (κ2) is 10.5. The van der Waals surface area contributed by atoms with Crippen molar-refractivity contribution in [3.05, 3.63) is 88.1 Å². The summed E-state index contributed by atoms with van der Waals surface area (Å²) in [5.41, 5.74) is 2.01. The molecule has 40 heavy (non-hydrogen) atoms. The zero-order valence-corrected chi connectivity index (χ0v) is 22.6. The third kappa shape index (κ3) is 4.82. The number of ether oxygens (including phenoxy) is 1. The number of aryl methyl sites for hydroxylation is 1.